The summed E-state index contributed by atoms with van der Waals surface area (Å²) in [5.41, 5.74) is 0.824. The van der Waals surface area contributed by atoms with E-state index in [0.29, 0.717) is 12.0 Å². The largest absolute Gasteiger partial charge is 0.506 e. The molecule has 0 aromatic heterocycles. The zero-order valence-corrected chi connectivity index (χ0v) is 8.57. The molecule has 0 aliphatic carbocycles. The molecule has 0 spiro atoms. The summed E-state index contributed by atoms with van der Waals surface area (Å²) < 4.78 is 4.55. The van der Waals surface area contributed by atoms with Crippen molar-refractivity contribution in [3.8, 4) is 11.8 Å². The van der Waals surface area contributed by atoms with Crippen molar-refractivity contribution in [3.05, 3.63) is 28.8 Å². The number of hydrogen-bond acceptors (Lipinski definition) is 4. The lowest BCUT2D eigenvalue weighted by atomic mass is 10.0. The maximum Gasteiger partial charge on any atom is 0.341 e. The number of aromatic hydroxyl groups is 1. The van der Waals surface area contributed by atoms with Crippen LogP contribution in [0.4, 0.5) is 0 Å². The second-order valence-electron chi connectivity index (χ2n) is 2.95. The number of nitrogens with zero attached hydrogens (tertiary/aromatic N) is 1. The average Bonchev–Trinajstić information content (AvgIpc) is 2.27. The van der Waals surface area contributed by atoms with Gasteiger partial charge in [-0.1, -0.05) is 13.0 Å². The molecule has 0 bridgehead atoms. The fourth-order valence-corrected chi connectivity index (χ4v) is 1.35. The summed E-state index contributed by atoms with van der Waals surface area (Å²) in [6.45, 7) is 1.85. The third-order valence-electron chi connectivity index (χ3n) is 2.16. The van der Waals surface area contributed by atoms with Gasteiger partial charge in [-0.25, -0.2) is 4.79 Å². The molecule has 15 heavy (non-hydrogen) atoms. The van der Waals surface area contributed by atoms with Gasteiger partial charge < -0.3 is 9.84 Å². The predicted octanol–water partition coefficient (Wildman–Crippen LogP) is 1.61. The predicted molar refractivity (Wildman–Crippen MR) is 53.5 cm³/mol. The van der Waals surface area contributed by atoms with Gasteiger partial charge in [0.25, 0.3) is 0 Å². The molecule has 0 atom stereocenters. The topological polar surface area (TPSA) is 70.3 Å². The van der Waals surface area contributed by atoms with Crippen LogP contribution in [0.2, 0.25) is 0 Å². The van der Waals surface area contributed by atoms with Gasteiger partial charge in [0.15, 0.2) is 0 Å². The minimum Gasteiger partial charge on any atom is -0.506 e. The van der Waals surface area contributed by atoms with Gasteiger partial charge in [-0.15, -0.1) is 0 Å². The Morgan fingerprint density at radius 1 is 1.60 bits per heavy atom. The van der Waals surface area contributed by atoms with E-state index in [9.17, 15) is 9.90 Å². The van der Waals surface area contributed by atoms with Crippen LogP contribution < -0.4 is 0 Å². The highest BCUT2D eigenvalue weighted by molar-refractivity contribution is 5.94. The molecule has 0 amide bonds. The number of hydrogen-bond donors (Lipinski definition) is 1. The van der Waals surface area contributed by atoms with Crippen LogP contribution in [0.15, 0.2) is 12.1 Å². The molecular formula is C11H11NO3. The number of phenolic OH excluding ortho intramolecular Hbond substituents is 1. The molecule has 0 fully saturated rings. The molecule has 0 unspecified atom stereocenters. The summed E-state index contributed by atoms with van der Waals surface area (Å²) in [6.07, 6.45) is 0.587. The maximum absolute atomic E-state index is 11.4. The first-order valence-corrected chi connectivity index (χ1v) is 4.49. The number of benzene rings is 1. The van der Waals surface area contributed by atoms with E-state index in [4.69, 9.17) is 5.26 Å². The number of nitriles is 1. The van der Waals surface area contributed by atoms with Crippen LogP contribution in [0.1, 0.15) is 28.4 Å². The lowest BCUT2D eigenvalue weighted by Crippen LogP contribution is -2.06. The molecule has 78 valence electrons. The zero-order chi connectivity index (χ0) is 11.4. The van der Waals surface area contributed by atoms with Crippen molar-refractivity contribution in [1.29, 1.82) is 5.26 Å². The van der Waals surface area contributed by atoms with E-state index in [1.807, 2.05) is 13.0 Å². The Morgan fingerprint density at radius 3 is 2.73 bits per heavy atom. The van der Waals surface area contributed by atoms with Gasteiger partial charge in [0.1, 0.15) is 17.4 Å². The summed E-state index contributed by atoms with van der Waals surface area (Å²) in [7, 11) is 1.24. The molecule has 0 radical (unpaired) electrons. The molecule has 1 N–H and O–H groups in total. The molecule has 0 saturated heterocycles. The summed E-state index contributed by atoms with van der Waals surface area (Å²) in [6, 6.07) is 4.94. The zero-order valence-electron chi connectivity index (χ0n) is 8.57. The highest BCUT2D eigenvalue weighted by Crippen LogP contribution is 2.26. The fraction of sp³-hybridized carbons (Fsp3) is 0.273. The highest BCUT2D eigenvalue weighted by atomic mass is 16.5. The number of carbonyl (C=O) groups is 1. The first kappa shape index (κ1) is 11.1. The third kappa shape index (κ3) is 1.91. The average molecular weight is 205 g/mol. The van der Waals surface area contributed by atoms with Crippen molar-refractivity contribution in [1.82, 2.24) is 0 Å². The Hall–Kier alpha value is -2.02. The Morgan fingerprint density at radius 2 is 2.27 bits per heavy atom. The molecule has 0 aliphatic heterocycles. The molecule has 4 nitrogen and oxygen atoms in total. The smallest absolute Gasteiger partial charge is 0.341 e. The van der Waals surface area contributed by atoms with E-state index in [1.54, 1.807) is 6.07 Å². The second-order valence-corrected chi connectivity index (χ2v) is 2.95. The van der Waals surface area contributed by atoms with Crippen molar-refractivity contribution in [2.24, 2.45) is 0 Å². The Kier molecular flexibility index (Phi) is 3.29. The number of ether oxygens (including phenoxy) is 1. The van der Waals surface area contributed by atoms with Gasteiger partial charge >= 0.3 is 5.97 Å². The molecule has 4 heteroatoms. The van der Waals surface area contributed by atoms with Crippen molar-refractivity contribution < 1.29 is 14.6 Å². The third-order valence-corrected chi connectivity index (χ3v) is 2.16. The minimum atomic E-state index is -0.624. The quantitative estimate of drug-likeness (QED) is 0.744. The number of aryl methyl sites for hydroxylation is 1. The molecule has 1 rings (SSSR count). The maximum atomic E-state index is 11.4. The molecule has 1 aromatic carbocycles. The van der Waals surface area contributed by atoms with Crippen LogP contribution in [0.5, 0.6) is 5.75 Å². The summed E-state index contributed by atoms with van der Waals surface area (Å²) in [5.74, 6) is -0.926. The van der Waals surface area contributed by atoms with Gasteiger partial charge in [0, 0.05) is 0 Å². The van der Waals surface area contributed by atoms with Crippen LogP contribution in [-0.4, -0.2) is 18.2 Å². The standard InChI is InChI=1S/C11H11NO3/c1-3-7-4-5-8(6-12)10(13)9(7)11(14)15-2/h4-5,13H,3H2,1-2H3. The van der Waals surface area contributed by atoms with E-state index in [1.165, 1.54) is 13.2 Å². The lowest BCUT2D eigenvalue weighted by molar-refractivity contribution is 0.0596. The molecule has 0 saturated carbocycles. The number of methoxy groups -OCH3 is 1. The highest BCUT2D eigenvalue weighted by Gasteiger charge is 2.18. The van der Waals surface area contributed by atoms with Crippen molar-refractivity contribution >= 4 is 5.97 Å². The van der Waals surface area contributed by atoms with E-state index in [2.05, 4.69) is 4.74 Å². The Balaban J connectivity index is 3.44. The van der Waals surface area contributed by atoms with Gasteiger partial charge in [-0.2, -0.15) is 5.26 Å². The summed E-state index contributed by atoms with van der Waals surface area (Å²) in [5, 5.41) is 18.4. The summed E-state index contributed by atoms with van der Waals surface area (Å²) in [4.78, 5) is 11.4. The molecule has 1 aromatic rings. The molecule has 0 aliphatic rings. The van der Waals surface area contributed by atoms with Gasteiger partial charge in [-0.05, 0) is 18.1 Å². The first-order valence-electron chi connectivity index (χ1n) is 4.49. The SMILES string of the molecule is CCc1ccc(C#N)c(O)c1C(=O)OC. The van der Waals surface area contributed by atoms with E-state index in [-0.39, 0.29) is 16.9 Å². The monoisotopic (exact) mass is 205 g/mol. The Bertz CT molecular complexity index is 432. The van der Waals surface area contributed by atoms with E-state index < -0.39 is 5.97 Å². The van der Waals surface area contributed by atoms with Crippen LogP contribution in [0, 0.1) is 11.3 Å². The van der Waals surface area contributed by atoms with Crippen molar-refractivity contribution in [2.45, 2.75) is 13.3 Å². The normalized spacial score (nSPS) is 9.40. The molecule has 0 heterocycles. The van der Waals surface area contributed by atoms with Crippen molar-refractivity contribution in [3.63, 3.8) is 0 Å². The number of carbonyl (C=O) groups excluding carboxylic acids is 1. The molecular weight excluding hydrogens is 194 g/mol. The summed E-state index contributed by atoms with van der Waals surface area (Å²) >= 11 is 0. The Labute approximate surface area is 87.7 Å². The minimum absolute atomic E-state index is 0.0765. The van der Waals surface area contributed by atoms with E-state index >= 15 is 0 Å². The van der Waals surface area contributed by atoms with Crippen LogP contribution in [0.3, 0.4) is 0 Å². The van der Waals surface area contributed by atoms with Crippen LogP contribution >= 0.6 is 0 Å². The van der Waals surface area contributed by atoms with Crippen LogP contribution in [0.25, 0.3) is 0 Å². The van der Waals surface area contributed by atoms with Crippen molar-refractivity contribution in [2.75, 3.05) is 7.11 Å². The van der Waals surface area contributed by atoms with Crippen LogP contribution in [-0.2, 0) is 11.2 Å². The second kappa shape index (κ2) is 4.47. The number of phenols is 1. The van der Waals surface area contributed by atoms with Gasteiger partial charge in [0.05, 0.1) is 12.7 Å². The number of rotatable bonds is 2. The number of esters is 1. The van der Waals surface area contributed by atoms with Gasteiger partial charge in [0.2, 0.25) is 0 Å². The first-order chi connectivity index (χ1) is 7.15. The lowest BCUT2D eigenvalue weighted by Gasteiger charge is -2.08. The fourth-order valence-electron chi connectivity index (χ4n) is 1.35. The van der Waals surface area contributed by atoms with E-state index in [0.717, 1.165) is 0 Å². The van der Waals surface area contributed by atoms with Gasteiger partial charge in [-0.3, -0.25) is 0 Å².